The van der Waals surface area contributed by atoms with E-state index in [2.05, 4.69) is 48.1 Å². The van der Waals surface area contributed by atoms with Crippen LogP contribution in [0.25, 0.3) is 0 Å². The lowest BCUT2D eigenvalue weighted by Gasteiger charge is -2.30. The molecule has 0 bridgehead atoms. The minimum Gasteiger partial charge on any atom is -0.305 e. The van der Waals surface area contributed by atoms with E-state index in [-0.39, 0.29) is 5.91 Å². The minimum absolute atomic E-state index is 0.181. The lowest BCUT2D eigenvalue weighted by molar-refractivity contribution is 0.102. The summed E-state index contributed by atoms with van der Waals surface area (Å²) in [6, 6.07) is 13.8. The number of carbonyl (C=O) groups is 1. The Hall–Kier alpha value is -1.92. The first kappa shape index (κ1) is 19.4. The molecule has 0 unspecified atom stereocenters. The van der Waals surface area contributed by atoms with Crippen LogP contribution in [-0.2, 0) is 0 Å². The third-order valence-electron chi connectivity index (χ3n) is 3.84. The van der Waals surface area contributed by atoms with Crippen molar-refractivity contribution in [1.29, 1.82) is 0 Å². The summed E-state index contributed by atoms with van der Waals surface area (Å²) in [5, 5.41) is 11.9. The minimum atomic E-state index is -0.181. The van der Waals surface area contributed by atoms with Gasteiger partial charge in [0.2, 0.25) is 0 Å². The van der Waals surface area contributed by atoms with Gasteiger partial charge < -0.3 is 5.32 Å². The maximum Gasteiger partial charge on any atom is 0.256 e. The number of amides is 1. The fraction of sp³-hybridized carbons (Fsp3) is 0.421. The normalized spacial score (nSPS) is 11.3. The van der Waals surface area contributed by atoms with Crippen LogP contribution < -0.4 is 5.32 Å². The van der Waals surface area contributed by atoms with Gasteiger partial charge in [0.1, 0.15) is 5.03 Å². The van der Waals surface area contributed by atoms with Crippen LogP contribution in [0.15, 0.2) is 47.5 Å². The van der Waals surface area contributed by atoms with Gasteiger partial charge in [-0.15, -0.1) is 22.0 Å². The van der Waals surface area contributed by atoms with Crippen molar-refractivity contribution in [3.63, 3.8) is 0 Å². The van der Waals surface area contributed by atoms with Crippen LogP contribution in [0.5, 0.6) is 0 Å². The van der Waals surface area contributed by atoms with Gasteiger partial charge in [0.25, 0.3) is 5.91 Å². The number of benzene rings is 1. The molecule has 0 spiro atoms. The smallest absolute Gasteiger partial charge is 0.256 e. The average Bonchev–Trinajstić information content (AvgIpc) is 2.60. The molecule has 1 aromatic carbocycles. The zero-order valence-electron chi connectivity index (χ0n) is 15.3. The molecule has 25 heavy (non-hydrogen) atoms. The SMILES string of the molecule is CC(C)N(CCSc1ccc(NC(=O)c2ccccc2)nn1)C(C)C. The molecule has 0 fully saturated rings. The summed E-state index contributed by atoms with van der Waals surface area (Å²) in [5.74, 6) is 1.24. The summed E-state index contributed by atoms with van der Waals surface area (Å²) in [6.07, 6.45) is 0. The van der Waals surface area contributed by atoms with Crippen LogP contribution in [-0.4, -0.2) is 45.4 Å². The van der Waals surface area contributed by atoms with Crippen molar-refractivity contribution in [2.24, 2.45) is 0 Å². The molecule has 0 radical (unpaired) electrons. The second-order valence-electron chi connectivity index (χ2n) is 6.35. The Bertz CT molecular complexity index is 651. The number of aromatic nitrogens is 2. The van der Waals surface area contributed by atoms with E-state index in [0.717, 1.165) is 17.3 Å². The van der Waals surface area contributed by atoms with Crippen molar-refractivity contribution in [3.05, 3.63) is 48.0 Å². The Kier molecular flexibility index (Phi) is 7.40. The second kappa shape index (κ2) is 9.53. The molecule has 0 saturated carbocycles. The predicted molar refractivity (Wildman–Crippen MR) is 104 cm³/mol. The Morgan fingerprint density at radius 1 is 1.04 bits per heavy atom. The topological polar surface area (TPSA) is 58.1 Å². The fourth-order valence-corrected chi connectivity index (χ4v) is 3.38. The quantitative estimate of drug-likeness (QED) is 0.724. The molecule has 0 atom stereocenters. The van der Waals surface area contributed by atoms with Crippen LogP contribution in [0.2, 0.25) is 0 Å². The first-order valence-corrected chi connectivity index (χ1v) is 9.54. The van der Waals surface area contributed by atoms with Gasteiger partial charge in [0.05, 0.1) is 0 Å². The molecule has 2 aromatic rings. The molecule has 1 heterocycles. The summed E-state index contributed by atoms with van der Waals surface area (Å²) in [4.78, 5) is 14.5. The second-order valence-corrected chi connectivity index (χ2v) is 7.47. The standard InChI is InChI=1S/C19H26N4OS/c1-14(2)23(15(3)4)12-13-25-18-11-10-17(21-22-18)20-19(24)16-8-6-5-7-9-16/h5-11,14-15H,12-13H2,1-4H3,(H,20,21,24). The number of nitrogens with zero attached hydrogens (tertiary/aromatic N) is 3. The number of hydrogen-bond donors (Lipinski definition) is 1. The summed E-state index contributed by atoms with van der Waals surface area (Å²) >= 11 is 1.68. The number of carbonyl (C=O) groups excluding carboxylic acids is 1. The van der Waals surface area contributed by atoms with E-state index >= 15 is 0 Å². The largest absolute Gasteiger partial charge is 0.305 e. The number of anilines is 1. The third kappa shape index (κ3) is 6.14. The monoisotopic (exact) mass is 358 g/mol. The van der Waals surface area contributed by atoms with Gasteiger partial charge in [-0.25, -0.2) is 0 Å². The first-order valence-electron chi connectivity index (χ1n) is 8.56. The van der Waals surface area contributed by atoms with E-state index < -0.39 is 0 Å². The van der Waals surface area contributed by atoms with Gasteiger partial charge in [-0.1, -0.05) is 18.2 Å². The molecule has 0 aliphatic rings. The van der Waals surface area contributed by atoms with E-state index in [1.165, 1.54) is 0 Å². The fourth-order valence-electron chi connectivity index (χ4n) is 2.61. The van der Waals surface area contributed by atoms with E-state index in [1.807, 2.05) is 24.3 Å². The van der Waals surface area contributed by atoms with E-state index in [0.29, 0.717) is 23.5 Å². The third-order valence-corrected chi connectivity index (χ3v) is 4.74. The molecule has 1 amide bonds. The molecular formula is C19H26N4OS. The lowest BCUT2D eigenvalue weighted by atomic mass is 10.2. The predicted octanol–water partition coefficient (Wildman–Crippen LogP) is 3.94. The molecule has 2 rings (SSSR count). The molecule has 1 N–H and O–H groups in total. The zero-order valence-corrected chi connectivity index (χ0v) is 16.1. The number of hydrogen-bond acceptors (Lipinski definition) is 5. The maximum absolute atomic E-state index is 12.1. The summed E-state index contributed by atoms with van der Waals surface area (Å²) in [7, 11) is 0. The van der Waals surface area contributed by atoms with Gasteiger partial charge in [0.15, 0.2) is 5.82 Å². The first-order chi connectivity index (χ1) is 12.0. The average molecular weight is 359 g/mol. The highest BCUT2D eigenvalue weighted by Gasteiger charge is 2.13. The molecule has 6 heteroatoms. The molecule has 134 valence electrons. The molecular weight excluding hydrogens is 332 g/mol. The van der Waals surface area contributed by atoms with Gasteiger partial charge in [0, 0.05) is 29.9 Å². The summed E-state index contributed by atoms with van der Waals surface area (Å²) < 4.78 is 0. The molecule has 0 aliphatic heterocycles. The Balaban J connectivity index is 1.84. The molecule has 5 nitrogen and oxygen atoms in total. The number of rotatable bonds is 8. The zero-order chi connectivity index (χ0) is 18.2. The van der Waals surface area contributed by atoms with E-state index in [9.17, 15) is 4.79 Å². The number of nitrogens with one attached hydrogen (secondary N) is 1. The van der Waals surface area contributed by atoms with Crippen LogP contribution >= 0.6 is 11.8 Å². The highest BCUT2D eigenvalue weighted by Crippen LogP contribution is 2.17. The van der Waals surface area contributed by atoms with Crippen LogP contribution in [0.3, 0.4) is 0 Å². The van der Waals surface area contributed by atoms with Gasteiger partial charge in [-0.05, 0) is 52.0 Å². The lowest BCUT2D eigenvalue weighted by Crippen LogP contribution is -2.38. The number of thioether (sulfide) groups is 1. The van der Waals surface area contributed by atoms with Crippen molar-refractivity contribution in [3.8, 4) is 0 Å². The van der Waals surface area contributed by atoms with Crippen molar-refractivity contribution < 1.29 is 4.79 Å². The van der Waals surface area contributed by atoms with Gasteiger partial charge in [-0.2, -0.15) is 0 Å². The van der Waals surface area contributed by atoms with Crippen LogP contribution in [0.1, 0.15) is 38.1 Å². The highest BCUT2D eigenvalue weighted by molar-refractivity contribution is 7.99. The van der Waals surface area contributed by atoms with Gasteiger partial charge in [-0.3, -0.25) is 9.69 Å². The van der Waals surface area contributed by atoms with Crippen molar-refractivity contribution in [2.75, 3.05) is 17.6 Å². The van der Waals surface area contributed by atoms with Crippen molar-refractivity contribution in [2.45, 2.75) is 44.8 Å². The van der Waals surface area contributed by atoms with E-state index in [4.69, 9.17) is 0 Å². The van der Waals surface area contributed by atoms with Gasteiger partial charge >= 0.3 is 0 Å². The Morgan fingerprint density at radius 3 is 2.28 bits per heavy atom. The summed E-state index contributed by atoms with van der Waals surface area (Å²) in [6.45, 7) is 9.88. The van der Waals surface area contributed by atoms with Crippen LogP contribution in [0.4, 0.5) is 5.82 Å². The Morgan fingerprint density at radius 2 is 1.72 bits per heavy atom. The highest BCUT2D eigenvalue weighted by atomic mass is 32.2. The molecule has 1 aromatic heterocycles. The van der Waals surface area contributed by atoms with Crippen LogP contribution in [0, 0.1) is 0 Å². The Labute approximate surface area is 154 Å². The van der Waals surface area contributed by atoms with Crippen molar-refractivity contribution >= 4 is 23.5 Å². The molecule has 0 aliphatic carbocycles. The maximum atomic E-state index is 12.1. The summed E-state index contributed by atoms with van der Waals surface area (Å²) in [5.41, 5.74) is 0.602. The van der Waals surface area contributed by atoms with Crippen molar-refractivity contribution in [1.82, 2.24) is 15.1 Å². The van der Waals surface area contributed by atoms with E-state index in [1.54, 1.807) is 30.0 Å². The molecule has 0 saturated heterocycles.